The highest BCUT2D eigenvalue weighted by molar-refractivity contribution is 5.43. The summed E-state index contributed by atoms with van der Waals surface area (Å²) in [6, 6.07) is 2.44. The van der Waals surface area contributed by atoms with E-state index in [4.69, 9.17) is 15.6 Å². The molecule has 0 saturated heterocycles. The molecule has 0 aliphatic carbocycles. The third-order valence-corrected chi connectivity index (χ3v) is 2.14. The second kappa shape index (κ2) is 4.28. The number of phenols is 1. The lowest BCUT2D eigenvalue weighted by Gasteiger charge is -2.14. The fourth-order valence-electron chi connectivity index (χ4n) is 1.34. The molecule has 1 aromatic carbocycles. The highest BCUT2D eigenvalue weighted by Gasteiger charge is 2.16. The van der Waals surface area contributed by atoms with Crippen molar-refractivity contribution in [2.24, 2.45) is 5.73 Å². The molecule has 1 rings (SSSR count). The number of rotatable bonds is 3. The molecular weight excluding hydrogens is 185 g/mol. The summed E-state index contributed by atoms with van der Waals surface area (Å²) in [4.78, 5) is 0. The molecule has 14 heavy (non-hydrogen) atoms. The average molecular weight is 199 g/mol. The van der Waals surface area contributed by atoms with Crippen LogP contribution >= 0.6 is 0 Å². The molecular formula is C10H14FNO2. The topological polar surface area (TPSA) is 55.5 Å². The molecule has 0 spiro atoms. The Morgan fingerprint density at radius 2 is 2.21 bits per heavy atom. The van der Waals surface area contributed by atoms with Crippen LogP contribution in [0.3, 0.4) is 0 Å². The molecule has 3 nitrogen and oxygen atoms in total. The van der Waals surface area contributed by atoms with Gasteiger partial charge >= 0.3 is 0 Å². The third kappa shape index (κ3) is 1.96. The van der Waals surface area contributed by atoms with Crippen LogP contribution in [0.2, 0.25) is 0 Å². The first kappa shape index (κ1) is 10.8. The summed E-state index contributed by atoms with van der Waals surface area (Å²) < 4.78 is 18.4. The molecule has 0 saturated carbocycles. The molecule has 0 aromatic heterocycles. The van der Waals surface area contributed by atoms with Gasteiger partial charge in [-0.3, -0.25) is 0 Å². The van der Waals surface area contributed by atoms with Gasteiger partial charge < -0.3 is 15.6 Å². The Balaban J connectivity index is 3.24. The highest BCUT2D eigenvalue weighted by atomic mass is 19.1. The van der Waals surface area contributed by atoms with E-state index < -0.39 is 5.82 Å². The smallest absolute Gasteiger partial charge is 0.134 e. The lowest BCUT2D eigenvalue weighted by atomic mass is 9.99. The molecule has 4 heteroatoms. The maximum absolute atomic E-state index is 13.4. The molecule has 0 aliphatic rings. The van der Waals surface area contributed by atoms with Gasteiger partial charge in [-0.1, -0.05) is 6.92 Å². The predicted octanol–water partition coefficient (Wildman–Crippen LogP) is 1.60. The van der Waals surface area contributed by atoms with Crippen LogP contribution in [-0.4, -0.2) is 18.8 Å². The Bertz CT molecular complexity index is 328. The quantitative estimate of drug-likeness (QED) is 0.777. The Hall–Kier alpha value is -1.29. The van der Waals surface area contributed by atoms with Gasteiger partial charge in [0.25, 0.3) is 0 Å². The van der Waals surface area contributed by atoms with E-state index in [1.807, 2.05) is 0 Å². The van der Waals surface area contributed by atoms with Gasteiger partial charge in [-0.25, -0.2) is 4.39 Å². The van der Waals surface area contributed by atoms with Crippen molar-refractivity contribution < 1.29 is 14.2 Å². The molecule has 0 radical (unpaired) electrons. The van der Waals surface area contributed by atoms with Gasteiger partial charge in [0.2, 0.25) is 0 Å². The summed E-state index contributed by atoms with van der Waals surface area (Å²) in [6.45, 7) is 2.13. The third-order valence-electron chi connectivity index (χ3n) is 2.14. The maximum atomic E-state index is 13.4. The largest absolute Gasteiger partial charge is 0.508 e. The van der Waals surface area contributed by atoms with E-state index >= 15 is 0 Å². The Labute approximate surface area is 82.3 Å². The molecule has 1 aromatic rings. The van der Waals surface area contributed by atoms with Crippen molar-refractivity contribution in [1.82, 2.24) is 0 Å². The van der Waals surface area contributed by atoms with Crippen LogP contribution in [0.1, 0.15) is 18.4 Å². The van der Waals surface area contributed by atoms with Crippen molar-refractivity contribution in [3.05, 3.63) is 23.5 Å². The molecule has 0 bridgehead atoms. The predicted molar refractivity (Wildman–Crippen MR) is 52.1 cm³/mol. The Morgan fingerprint density at radius 3 is 2.71 bits per heavy atom. The van der Waals surface area contributed by atoms with Crippen LogP contribution < -0.4 is 10.5 Å². The van der Waals surface area contributed by atoms with Gasteiger partial charge in [-0.2, -0.15) is 0 Å². The van der Waals surface area contributed by atoms with Crippen LogP contribution in [0.15, 0.2) is 12.1 Å². The van der Waals surface area contributed by atoms with Crippen LogP contribution in [0, 0.1) is 5.82 Å². The maximum Gasteiger partial charge on any atom is 0.134 e. The van der Waals surface area contributed by atoms with E-state index in [1.54, 1.807) is 6.92 Å². The van der Waals surface area contributed by atoms with Crippen molar-refractivity contribution in [2.75, 3.05) is 13.7 Å². The van der Waals surface area contributed by atoms with Crippen LogP contribution in [0.5, 0.6) is 11.5 Å². The van der Waals surface area contributed by atoms with Crippen molar-refractivity contribution in [3.63, 3.8) is 0 Å². The van der Waals surface area contributed by atoms with Crippen LogP contribution in [0.4, 0.5) is 4.39 Å². The number of ether oxygens (including phenoxy) is 1. The lowest BCUT2D eigenvalue weighted by Crippen LogP contribution is -2.11. The number of methoxy groups -OCH3 is 1. The minimum Gasteiger partial charge on any atom is -0.508 e. The van der Waals surface area contributed by atoms with Crippen molar-refractivity contribution in [1.29, 1.82) is 0 Å². The molecule has 78 valence electrons. The van der Waals surface area contributed by atoms with Crippen molar-refractivity contribution in [2.45, 2.75) is 12.8 Å². The van der Waals surface area contributed by atoms with E-state index in [0.717, 1.165) is 6.07 Å². The summed E-state index contributed by atoms with van der Waals surface area (Å²) in [7, 11) is 1.43. The number of halogens is 1. The number of hydrogen-bond donors (Lipinski definition) is 2. The second-order valence-electron chi connectivity index (χ2n) is 3.18. The summed E-state index contributed by atoms with van der Waals surface area (Å²) >= 11 is 0. The molecule has 3 N–H and O–H groups in total. The van der Waals surface area contributed by atoms with Crippen LogP contribution in [0.25, 0.3) is 0 Å². The van der Waals surface area contributed by atoms with Gasteiger partial charge in [0.15, 0.2) is 0 Å². The van der Waals surface area contributed by atoms with E-state index in [-0.39, 0.29) is 11.7 Å². The molecule has 1 unspecified atom stereocenters. The van der Waals surface area contributed by atoms with Crippen molar-refractivity contribution in [3.8, 4) is 11.5 Å². The van der Waals surface area contributed by atoms with E-state index in [1.165, 1.54) is 13.2 Å². The Kier molecular flexibility index (Phi) is 3.30. The average Bonchev–Trinajstić information content (AvgIpc) is 2.15. The fraction of sp³-hybridized carbons (Fsp3) is 0.400. The summed E-state index contributed by atoms with van der Waals surface area (Å²) in [6.07, 6.45) is 0. The fourth-order valence-corrected chi connectivity index (χ4v) is 1.34. The normalized spacial score (nSPS) is 12.6. The zero-order chi connectivity index (χ0) is 10.7. The zero-order valence-electron chi connectivity index (χ0n) is 8.25. The minimum absolute atomic E-state index is 0.134. The standard InChI is InChI=1S/C10H14FNO2/c1-6(5-12)10-8(11)3-7(13)4-9(10)14-2/h3-4,6,13H,5,12H2,1-2H3. The highest BCUT2D eigenvalue weighted by Crippen LogP contribution is 2.32. The number of hydrogen-bond acceptors (Lipinski definition) is 3. The monoisotopic (exact) mass is 199 g/mol. The molecule has 0 aliphatic heterocycles. The van der Waals surface area contributed by atoms with E-state index in [9.17, 15) is 4.39 Å². The molecule has 0 heterocycles. The second-order valence-corrected chi connectivity index (χ2v) is 3.18. The molecule has 1 atom stereocenters. The summed E-state index contributed by atoms with van der Waals surface area (Å²) in [5.41, 5.74) is 5.86. The summed E-state index contributed by atoms with van der Waals surface area (Å²) in [5, 5.41) is 9.15. The first-order chi connectivity index (χ1) is 6.60. The number of benzene rings is 1. The number of nitrogens with two attached hydrogens (primary N) is 1. The van der Waals surface area contributed by atoms with Gasteiger partial charge in [-0.05, 0) is 12.5 Å². The SMILES string of the molecule is COc1cc(O)cc(F)c1C(C)CN. The van der Waals surface area contributed by atoms with Gasteiger partial charge in [0.1, 0.15) is 17.3 Å². The van der Waals surface area contributed by atoms with Crippen LogP contribution in [-0.2, 0) is 0 Å². The van der Waals surface area contributed by atoms with Gasteiger partial charge in [0.05, 0.1) is 7.11 Å². The number of phenolic OH excluding ortho intramolecular Hbond substituents is 1. The first-order valence-corrected chi connectivity index (χ1v) is 4.36. The summed E-state index contributed by atoms with van der Waals surface area (Å²) in [5.74, 6) is -0.432. The zero-order valence-corrected chi connectivity index (χ0v) is 8.25. The van der Waals surface area contributed by atoms with E-state index in [2.05, 4.69) is 0 Å². The lowest BCUT2D eigenvalue weighted by molar-refractivity contribution is 0.392. The van der Waals surface area contributed by atoms with Crippen molar-refractivity contribution >= 4 is 0 Å². The first-order valence-electron chi connectivity index (χ1n) is 4.36. The number of aromatic hydroxyl groups is 1. The molecule has 0 fully saturated rings. The van der Waals surface area contributed by atoms with Gasteiger partial charge in [0, 0.05) is 17.7 Å². The minimum atomic E-state index is -0.486. The van der Waals surface area contributed by atoms with E-state index in [0.29, 0.717) is 17.9 Å². The molecule has 0 amide bonds. The van der Waals surface area contributed by atoms with Gasteiger partial charge in [-0.15, -0.1) is 0 Å². The Morgan fingerprint density at radius 1 is 1.57 bits per heavy atom.